The van der Waals surface area contributed by atoms with Gasteiger partial charge in [-0.15, -0.1) is 0 Å². The van der Waals surface area contributed by atoms with Crippen LogP contribution in [-0.4, -0.2) is 35.5 Å². The average Bonchev–Trinajstić information content (AvgIpc) is 2.18. The van der Waals surface area contributed by atoms with E-state index in [9.17, 15) is 4.79 Å². The number of piperidine rings is 1. The maximum absolute atomic E-state index is 11.3. The van der Waals surface area contributed by atoms with Crippen molar-refractivity contribution >= 4 is 5.91 Å². The Balaban J connectivity index is 2.73. The molecule has 88 valence electrons. The highest BCUT2D eigenvalue weighted by molar-refractivity contribution is 5.79. The van der Waals surface area contributed by atoms with Gasteiger partial charge in [0, 0.05) is 12.1 Å². The normalized spacial score (nSPS) is 27.3. The number of carbonyl (C=O) groups excluding carboxylic acids is 1. The van der Waals surface area contributed by atoms with Crippen molar-refractivity contribution < 1.29 is 4.79 Å². The van der Waals surface area contributed by atoms with Crippen LogP contribution in [0.3, 0.4) is 0 Å². The first-order valence-corrected chi connectivity index (χ1v) is 5.88. The second-order valence-corrected chi connectivity index (χ2v) is 4.49. The van der Waals surface area contributed by atoms with Crippen molar-refractivity contribution in [3.8, 4) is 0 Å². The Hall–Kier alpha value is -0.610. The minimum absolute atomic E-state index is 0.110. The van der Waals surface area contributed by atoms with Crippen LogP contribution in [0.2, 0.25) is 0 Å². The standard InChI is InChI=1S/C11H23N3O/c1-3-9(11(13)15)14-7-5-4-6-10(14)8(2)12/h8-10H,3-7,12H2,1-2H3,(H2,13,15). The Morgan fingerprint density at radius 3 is 2.67 bits per heavy atom. The lowest BCUT2D eigenvalue weighted by Gasteiger charge is -2.41. The average molecular weight is 213 g/mol. The molecule has 1 aliphatic rings. The number of nitrogens with two attached hydrogens (primary N) is 2. The van der Waals surface area contributed by atoms with Crippen molar-refractivity contribution in [1.82, 2.24) is 4.90 Å². The van der Waals surface area contributed by atoms with Crippen LogP contribution in [-0.2, 0) is 4.79 Å². The number of carbonyl (C=O) groups is 1. The summed E-state index contributed by atoms with van der Waals surface area (Å²) in [5.41, 5.74) is 11.4. The highest BCUT2D eigenvalue weighted by Gasteiger charge is 2.32. The molecule has 1 aliphatic heterocycles. The zero-order chi connectivity index (χ0) is 11.4. The molecule has 3 atom stereocenters. The second-order valence-electron chi connectivity index (χ2n) is 4.49. The molecule has 1 saturated heterocycles. The predicted octanol–water partition coefficient (Wildman–Crippen LogP) is 0.452. The van der Waals surface area contributed by atoms with Gasteiger partial charge in [0.1, 0.15) is 0 Å². The maximum Gasteiger partial charge on any atom is 0.234 e. The van der Waals surface area contributed by atoms with Crippen molar-refractivity contribution in [3.63, 3.8) is 0 Å². The Morgan fingerprint density at radius 1 is 1.53 bits per heavy atom. The van der Waals surface area contributed by atoms with E-state index >= 15 is 0 Å². The zero-order valence-electron chi connectivity index (χ0n) is 9.78. The number of nitrogens with zero attached hydrogens (tertiary/aromatic N) is 1. The van der Waals surface area contributed by atoms with Crippen LogP contribution in [0.5, 0.6) is 0 Å². The van der Waals surface area contributed by atoms with E-state index < -0.39 is 0 Å². The van der Waals surface area contributed by atoms with E-state index in [-0.39, 0.29) is 18.0 Å². The van der Waals surface area contributed by atoms with Crippen molar-refractivity contribution in [2.45, 2.75) is 57.7 Å². The van der Waals surface area contributed by atoms with E-state index in [4.69, 9.17) is 11.5 Å². The largest absolute Gasteiger partial charge is 0.368 e. The van der Waals surface area contributed by atoms with Crippen LogP contribution in [0.1, 0.15) is 39.5 Å². The fourth-order valence-electron chi connectivity index (χ4n) is 2.53. The first-order valence-electron chi connectivity index (χ1n) is 5.88. The van der Waals surface area contributed by atoms with Gasteiger partial charge in [0.05, 0.1) is 6.04 Å². The first kappa shape index (κ1) is 12.5. The Labute approximate surface area is 92.0 Å². The topological polar surface area (TPSA) is 72.4 Å². The number of amides is 1. The summed E-state index contributed by atoms with van der Waals surface area (Å²) in [7, 11) is 0. The monoisotopic (exact) mass is 213 g/mol. The van der Waals surface area contributed by atoms with Gasteiger partial charge in [0.15, 0.2) is 0 Å². The van der Waals surface area contributed by atoms with Crippen LogP contribution in [0, 0.1) is 0 Å². The summed E-state index contributed by atoms with van der Waals surface area (Å²) < 4.78 is 0. The van der Waals surface area contributed by atoms with Gasteiger partial charge in [-0.3, -0.25) is 9.69 Å². The Bertz CT molecular complexity index is 218. The van der Waals surface area contributed by atoms with Gasteiger partial charge >= 0.3 is 0 Å². The molecule has 4 N–H and O–H groups in total. The lowest BCUT2D eigenvalue weighted by atomic mass is 9.94. The second kappa shape index (κ2) is 5.47. The fourth-order valence-corrected chi connectivity index (χ4v) is 2.53. The molecule has 1 amide bonds. The summed E-state index contributed by atoms with van der Waals surface area (Å²) in [6, 6.07) is 0.288. The third-order valence-electron chi connectivity index (χ3n) is 3.31. The third kappa shape index (κ3) is 2.92. The van der Waals surface area contributed by atoms with Gasteiger partial charge in [-0.05, 0) is 32.7 Å². The van der Waals surface area contributed by atoms with Crippen molar-refractivity contribution in [3.05, 3.63) is 0 Å². The minimum Gasteiger partial charge on any atom is -0.368 e. The van der Waals surface area contributed by atoms with E-state index in [1.807, 2.05) is 13.8 Å². The van der Waals surface area contributed by atoms with Crippen LogP contribution >= 0.6 is 0 Å². The number of rotatable bonds is 4. The Kier molecular flexibility index (Phi) is 4.54. The number of hydrogen-bond acceptors (Lipinski definition) is 3. The van der Waals surface area contributed by atoms with Gasteiger partial charge in [-0.1, -0.05) is 13.3 Å². The number of likely N-dealkylation sites (tertiary alicyclic amines) is 1. The van der Waals surface area contributed by atoms with Crippen LogP contribution in [0.15, 0.2) is 0 Å². The summed E-state index contributed by atoms with van der Waals surface area (Å²) in [6.45, 7) is 4.96. The van der Waals surface area contributed by atoms with Crippen molar-refractivity contribution in [1.29, 1.82) is 0 Å². The molecule has 0 radical (unpaired) electrons. The smallest absolute Gasteiger partial charge is 0.234 e. The number of hydrogen-bond donors (Lipinski definition) is 2. The zero-order valence-corrected chi connectivity index (χ0v) is 9.78. The summed E-state index contributed by atoms with van der Waals surface area (Å²) >= 11 is 0. The van der Waals surface area contributed by atoms with Crippen LogP contribution in [0.25, 0.3) is 0 Å². The molecule has 0 aliphatic carbocycles. The molecule has 4 nitrogen and oxygen atoms in total. The summed E-state index contributed by atoms with van der Waals surface area (Å²) in [5, 5.41) is 0. The highest BCUT2D eigenvalue weighted by Crippen LogP contribution is 2.22. The molecular formula is C11H23N3O. The third-order valence-corrected chi connectivity index (χ3v) is 3.31. The van der Waals surface area contributed by atoms with Gasteiger partial charge in [0.25, 0.3) is 0 Å². The molecule has 15 heavy (non-hydrogen) atoms. The first-order chi connectivity index (χ1) is 7.07. The van der Waals surface area contributed by atoms with Crippen LogP contribution < -0.4 is 11.5 Å². The highest BCUT2D eigenvalue weighted by atomic mass is 16.1. The van der Waals surface area contributed by atoms with Gasteiger partial charge in [-0.25, -0.2) is 0 Å². The molecule has 3 unspecified atom stereocenters. The summed E-state index contributed by atoms with van der Waals surface area (Å²) in [6.07, 6.45) is 4.21. The molecule has 0 aromatic carbocycles. The quantitative estimate of drug-likeness (QED) is 0.712. The molecule has 1 heterocycles. The molecule has 1 fully saturated rings. The lowest BCUT2D eigenvalue weighted by molar-refractivity contribution is -0.125. The molecule has 0 spiro atoms. The van der Waals surface area contributed by atoms with Crippen molar-refractivity contribution in [2.24, 2.45) is 11.5 Å². The molecule has 1 rings (SSSR count). The molecular weight excluding hydrogens is 190 g/mol. The molecule has 0 bridgehead atoms. The number of primary amides is 1. The van der Waals surface area contributed by atoms with Crippen molar-refractivity contribution in [2.75, 3.05) is 6.54 Å². The van der Waals surface area contributed by atoms with Gasteiger partial charge in [-0.2, -0.15) is 0 Å². The molecule has 0 saturated carbocycles. The fraction of sp³-hybridized carbons (Fsp3) is 0.909. The summed E-state index contributed by atoms with van der Waals surface area (Å²) in [5.74, 6) is -0.218. The van der Waals surface area contributed by atoms with E-state index in [0.717, 1.165) is 25.8 Å². The summed E-state index contributed by atoms with van der Waals surface area (Å²) in [4.78, 5) is 13.5. The maximum atomic E-state index is 11.3. The lowest BCUT2D eigenvalue weighted by Crippen LogP contribution is -2.56. The molecule has 4 heteroatoms. The molecule has 0 aromatic rings. The van der Waals surface area contributed by atoms with E-state index in [1.54, 1.807) is 0 Å². The van der Waals surface area contributed by atoms with Gasteiger partial charge < -0.3 is 11.5 Å². The Morgan fingerprint density at radius 2 is 2.20 bits per heavy atom. The van der Waals surface area contributed by atoms with E-state index in [1.165, 1.54) is 6.42 Å². The van der Waals surface area contributed by atoms with Gasteiger partial charge in [0.2, 0.25) is 5.91 Å². The minimum atomic E-state index is -0.218. The molecule has 0 aromatic heterocycles. The SMILES string of the molecule is CCC(C(N)=O)N1CCCCC1C(C)N. The predicted molar refractivity (Wildman–Crippen MR) is 61.3 cm³/mol. The van der Waals surface area contributed by atoms with E-state index in [2.05, 4.69) is 4.90 Å². The van der Waals surface area contributed by atoms with Crippen LogP contribution in [0.4, 0.5) is 0 Å². The van der Waals surface area contributed by atoms with E-state index in [0.29, 0.717) is 6.04 Å².